The number of hydrogen-bond donors (Lipinski definition) is 1. The fourth-order valence-electron chi connectivity index (χ4n) is 3.74. The molecule has 0 unspecified atom stereocenters. The van der Waals surface area contributed by atoms with Crippen molar-refractivity contribution in [3.05, 3.63) is 90.5 Å². The summed E-state index contributed by atoms with van der Waals surface area (Å²) >= 11 is 0. The van der Waals surface area contributed by atoms with Crippen LogP contribution >= 0.6 is 0 Å². The first-order valence-corrected chi connectivity index (χ1v) is 10.2. The van der Waals surface area contributed by atoms with Gasteiger partial charge in [-0.25, -0.2) is 0 Å². The van der Waals surface area contributed by atoms with Crippen LogP contribution in [-0.4, -0.2) is 43.6 Å². The second kappa shape index (κ2) is 9.39. The molecule has 1 N–H and O–H groups in total. The highest BCUT2D eigenvalue weighted by Crippen LogP contribution is 2.22. The standard InChI is InChI=1S/C25H26N2O2/c28-25(27-17-15-26(16-18-27)19-21-7-3-1-4-8-21)20-29-24-13-11-23(12-14-24)22-9-5-2-6-10-22/h1-14H,15-20H2/p+1. The number of piperazine rings is 1. The van der Waals surface area contributed by atoms with Crippen molar-refractivity contribution < 1.29 is 14.4 Å². The van der Waals surface area contributed by atoms with Crippen LogP contribution in [0.5, 0.6) is 5.75 Å². The number of benzene rings is 3. The number of amides is 1. The van der Waals surface area contributed by atoms with Gasteiger partial charge in [0.2, 0.25) is 0 Å². The third-order valence-electron chi connectivity index (χ3n) is 5.44. The fourth-order valence-corrected chi connectivity index (χ4v) is 3.74. The van der Waals surface area contributed by atoms with Gasteiger partial charge in [-0.2, -0.15) is 0 Å². The first kappa shape index (κ1) is 19.2. The Balaban J connectivity index is 1.23. The highest BCUT2D eigenvalue weighted by molar-refractivity contribution is 5.77. The van der Waals surface area contributed by atoms with E-state index in [1.165, 1.54) is 16.0 Å². The zero-order valence-electron chi connectivity index (χ0n) is 16.6. The monoisotopic (exact) mass is 387 g/mol. The van der Waals surface area contributed by atoms with Crippen LogP contribution in [0.15, 0.2) is 84.9 Å². The summed E-state index contributed by atoms with van der Waals surface area (Å²) in [5.41, 5.74) is 3.66. The van der Waals surface area contributed by atoms with Crippen molar-refractivity contribution in [3.63, 3.8) is 0 Å². The van der Waals surface area contributed by atoms with E-state index in [2.05, 4.69) is 36.4 Å². The molecule has 1 aliphatic rings. The van der Waals surface area contributed by atoms with Gasteiger partial charge in [0.05, 0.1) is 26.2 Å². The molecular weight excluding hydrogens is 360 g/mol. The van der Waals surface area contributed by atoms with Gasteiger partial charge >= 0.3 is 0 Å². The molecule has 3 aromatic rings. The van der Waals surface area contributed by atoms with E-state index in [1.54, 1.807) is 0 Å². The van der Waals surface area contributed by atoms with Crippen molar-refractivity contribution in [2.45, 2.75) is 6.54 Å². The lowest BCUT2D eigenvalue weighted by molar-refractivity contribution is -0.917. The first-order chi connectivity index (χ1) is 14.3. The molecule has 0 aliphatic carbocycles. The Morgan fingerprint density at radius 2 is 1.38 bits per heavy atom. The number of carbonyl (C=O) groups is 1. The summed E-state index contributed by atoms with van der Waals surface area (Å²) in [6, 6.07) is 28.7. The van der Waals surface area contributed by atoms with Crippen LogP contribution < -0.4 is 9.64 Å². The van der Waals surface area contributed by atoms with E-state index in [4.69, 9.17) is 4.74 Å². The van der Waals surface area contributed by atoms with E-state index in [-0.39, 0.29) is 12.5 Å². The van der Waals surface area contributed by atoms with E-state index in [9.17, 15) is 4.79 Å². The van der Waals surface area contributed by atoms with Gasteiger partial charge in [-0.1, -0.05) is 72.8 Å². The van der Waals surface area contributed by atoms with Crippen LogP contribution in [0.1, 0.15) is 5.56 Å². The van der Waals surface area contributed by atoms with Crippen LogP contribution in [0.3, 0.4) is 0 Å². The Kier molecular flexibility index (Phi) is 6.22. The summed E-state index contributed by atoms with van der Waals surface area (Å²) in [6.45, 7) is 4.65. The van der Waals surface area contributed by atoms with Crippen molar-refractivity contribution in [2.24, 2.45) is 0 Å². The summed E-state index contributed by atoms with van der Waals surface area (Å²) in [7, 11) is 0. The van der Waals surface area contributed by atoms with Crippen molar-refractivity contribution in [1.29, 1.82) is 0 Å². The minimum atomic E-state index is 0.0656. The molecule has 29 heavy (non-hydrogen) atoms. The molecule has 148 valence electrons. The van der Waals surface area contributed by atoms with Crippen LogP contribution in [0.25, 0.3) is 11.1 Å². The third-order valence-corrected chi connectivity index (χ3v) is 5.44. The molecule has 1 aliphatic heterocycles. The van der Waals surface area contributed by atoms with Crippen LogP contribution in [0.2, 0.25) is 0 Å². The van der Waals surface area contributed by atoms with E-state index < -0.39 is 0 Å². The summed E-state index contributed by atoms with van der Waals surface area (Å²) in [5.74, 6) is 0.794. The summed E-state index contributed by atoms with van der Waals surface area (Å²) < 4.78 is 5.74. The minimum absolute atomic E-state index is 0.0656. The molecule has 0 saturated carbocycles. The smallest absolute Gasteiger partial charge is 0.260 e. The maximum Gasteiger partial charge on any atom is 0.260 e. The largest absolute Gasteiger partial charge is 0.484 e. The Labute approximate surface area is 172 Å². The van der Waals surface area contributed by atoms with Gasteiger partial charge in [0.25, 0.3) is 5.91 Å². The predicted octanol–water partition coefficient (Wildman–Crippen LogP) is 2.66. The van der Waals surface area contributed by atoms with Gasteiger partial charge in [-0.3, -0.25) is 4.79 Å². The molecule has 3 aromatic carbocycles. The number of nitrogens with one attached hydrogen (secondary N) is 1. The molecule has 1 saturated heterocycles. The van der Waals surface area contributed by atoms with Gasteiger partial charge in [0, 0.05) is 5.56 Å². The molecule has 0 bridgehead atoms. The molecule has 4 heteroatoms. The molecule has 0 aromatic heterocycles. The lowest BCUT2D eigenvalue weighted by Crippen LogP contribution is -3.13. The van der Waals surface area contributed by atoms with Gasteiger partial charge in [-0.15, -0.1) is 0 Å². The topological polar surface area (TPSA) is 34.0 Å². The van der Waals surface area contributed by atoms with E-state index >= 15 is 0 Å². The third kappa shape index (κ3) is 5.24. The predicted molar refractivity (Wildman–Crippen MR) is 115 cm³/mol. The van der Waals surface area contributed by atoms with Crippen molar-refractivity contribution >= 4 is 5.91 Å². The molecule has 0 radical (unpaired) electrons. The van der Waals surface area contributed by atoms with Crippen LogP contribution in [-0.2, 0) is 11.3 Å². The highest BCUT2D eigenvalue weighted by Gasteiger charge is 2.23. The van der Waals surface area contributed by atoms with Crippen LogP contribution in [0, 0.1) is 0 Å². The Morgan fingerprint density at radius 1 is 0.793 bits per heavy atom. The lowest BCUT2D eigenvalue weighted by atomic mass is 10.1. The number of rotatable bonds is 6. The second-order valence-electron chi connectivity index (χ2n) is 7.47. The molecule has 4 rings (SSSR count). The average molecular weight is 388 g/mol. The SMILES string of the molecule is O=C(COc1ccc(-c2ccccc2)cc1)N1CC[NH+](Cc2ccccc2)CC1. The Bertz CT molecular complexity index is 903. The van der Waals surface area contributed by atoms with E-state index in [1.807, 2.05) is 53.4 Å². The van der Waals surface area contributed by atoms with E-state index in [0.29, 0.717) is 0 Å². The van der Waals surface area contributed by atoms with Crippen molar-refractivity contribution in [1.82, 2.24) is 4.90 Å². The summed E-state index contributed by atoms with van der Waals surface area (Å²) in [5, 5.41) is 0. The maximum absolute atomic E-state index is 12.5. The van der Waals surface area contributed by atoms with Crippen molar-refractivity contribution in [3.8, 4) is 16.9 Å². The van der Waals surface area contributed by atoms with Gasteiger partial charge < -0.3 is 14.5 Å². The summed E-state index contributed by atoms with van der Waals surface area (Å²) in [4.78, 5) is 16.0. The molecule has 4 nitrogen and oxygen atoms in total. The molecule has 1 fully saturated rings. The Morgan fingerprint density at radius 3 is 2.03 bits per heavy atom. The average Bonchev–Trinajstić information content (AvgIpc) is 2.80. The first-order valence-electron chi connectivity index (χ1n) is 10.2. The van der Waals surface area contributed by atoms with Crippen LogP contribution in [0.4, 0.5) is 0 Å². The minimum Gasteiger partial charge on any atom is -0.484 e. The molecule has 1 amide bonds. The molecule has 1 heterocycles. The van der Waals surface area contributed by atoms with Crippen molar-refractivity contribution in [2.75, 3.05) is 32.8 Å². The normalized spacial score (nSPS) is 14.6. The second-order valence-corrected chi connectivity index (χ2v) is 7.47. The number of quaternary nitrogens is 1. The maximum atomic E-state index is 12.5. The quantitative estimate of drug-likeness (QED) is 0.706. The number of carbonyl (C=O) groups excluding carboxylic acids is 1. The fraction of sp³-hybridized carbons (Fsp3) is 0.240. The number of hydrogen-bond acceptors (Lipinski definition) is 2. The zero-order chi connectivity index (χ0) is 19.9. The number of nitrogens with zero attached hydrogens (tertiary/aromatic N) is 1. The highest BCUT2D eigenvalue weighted by atomic mass is 16.5. The molecular formula is C25H27N2O2+. The van der Waals surface area contributed by atoms with E-state index in [0.717, 1.165) is 44.0 Å². The summed E-state index contributed by atoms with van der Waals surface area (Å²) in [6.07, 6.45) is 0. The number of ether oxygens (including phenoxy) is 1. The van der Waals surface area contributed by atoms with Gasteiger partial charge in [-0.05, 0) is 23.3 Å². The lowest BCUT2D eigenvalue weighted by Gasteiger charge is -2.32. The zero-order valence-corrected chi connectivity index (χ0v) is 16.6. The van der Waals surface area contributed by atoms with Gasteiger partial charge in [0.15, 0.2) is 6.61 Å². The van der Waals surface area contributed by atoms with Gasteiger partial charge in [0.1, 0.15) is 12.3 Å². The molecule has 0 spiro atoms. The molecule has 0 atom stereocenters. The Hall–Kier alpha value is -3.11.